The molecule has 0 saturated heterocycles. The second kappa shape index (κ2) is 6.46. The third kappa shape index (κ3) is 4.43. The Hall–Kier alpha value is -1.65. The van der Waals surface area contributed by atoms with Crippen molar-refractivity contribution in [2.24, 2.45) is 14.1 Å². The Morgan fingerprint density at radius 3 is 2.04 bits per heavy atom. The van der Waals surface area contributed by atoms with Crippen molar-refractivity contribution in [1.29, 1.82) is 0 Å². The molecule has 0 spiro atoms. The van der Waals surface area contributed by atoms with Crippen molar-refractivity contribution >= 4 is 21.4 Å². The number of hydrogen-bond donors (Lipinski definition) is 0. The number of benzene rings is 1. The number of rotatable bonds is 1. The molecule has 0 aliphatic carbocycles. The van der Waals surface area contributed by atoms with E-state index in [1.807, 2.05) is 13.8 Å². The van der Waals surface area contributed by atoms with E-state index in [1.165, 1.54) is 23.2 Å². The zero-order valence-corrected chi connectivity index (χ0v) is 14.0. The van der Waals surface area contributed by atoms with Gasteiger partial charge in [-0.1, -0.05) is 0 Å². The van der Waals surface area contributed by atoms with Gasteiger partial charge in [0.1, 0.15) is 0 Å². The summed E-state index contributed by atoms with van der Waals surface area (Å²) in [5.74, 6) is -0.641. The Kier molecular flexibility index (Phi) is 5.45. The van der Waals surface area contributed by atoms with Gasteiger partial charge in [0.15, 0.2) is 11.0 Å². The van der Waals surface area contributed by atoms with Gasteiger partial charge in [-0.2, -0.15) is 13.2 Å². The number of fused-ring (bicyclic) bond motifs is 1. The third-order valence-corrected chi connectivity index (χ3v) is 3.81. The fourth-order valence-electron chi connectivity index (χ4n) is 2.16. The predicted octanol–water partition coefficient (Wildman–Crippen LogP) is 1.73. The normalized spacial score (nSPS) is 12.2. The Morgan fingerprint density at radius 1 is 1.22 bits per heavy atom. The van der Waals surface area contributed by atoms with Gasteiger partial charge < -0.3 is 4.55 Å². The zero-order chi connectivity index (χ0) is 18.2. The molecule has 2 rings (SSSR count). The second-order valence-electron chi connectivity index (χ2n) is 4.94. The van der Waals surface area contributed by atoms with E-state index >= 15 is 0 Å². The van der Waals surface area contributed by atoms with E-state index in [-0.39, 0.29) is 0 Å². The molecule has 1 aromatic carbocycles. The van der Waals surface area contributed by atoms with Gasteiger partial charge in [0.05, 0.1) is 21.2 Å². The first-order valence-corrected chi connectivity index (χ1v) is 7.67. The number of hydrogen-bond acceptors (Lipinski definition) is 4. The molecule has 2 aromatic rings. The van der Waals surface area contributed by atoms with E-state index in [2.05, 4.69) is 4.18 Å². The van der Waals surface area contributed by atoms with Crippen molar-refractivity contribution in [1.82, 2.24) is 4.57 Å². The summed E-state index contributed by atoms with van der Waals surface area (Å²) in [5, 5.41) is 0. The highest BCUT2D eigenvalue weighted by molar-refractivity contribution is 7.80. The van der Waals surface area contributed by atoms with Gasteiger partial charge in [0.25, 0.3) is 0 Å². The van der Waals surface area contributed by atoms with Gasteiger partial charge in [-0.25, -0.2) is 17.6 Å². The molecule has 0 aliphatic rings. The largest absolute Gasteiger partial charge is 0.726 e. The summed E-state index contributed by atoms with van der Waals surface area (Å²) in [6.07, 6.45) is -4.34. The number of aryl methyl sites for hydroxylation is 4. The molecule has 0 atom stereocenters. The van der Waals surface area contributed by atoms with Gasteiger partial charge in [-0.15, -0.1) is 0 Å². The number of alkyl halides is 3. The van der Waals surface area contributed by atoms with E-state index in [1.54, 1.807) is 12.1 Å². The van der Waals surface area contributed by atoms with Crippen LogP contribution in [0.25, 0.3) is 11.0 Å². The Morgan fingerprint density at radius 2 is 1.65 bits per heavy atom. The molecule has 0 unspecified atom stereocenters. The minimum Gasteiger partial charge on any atom is -0.726 e. The topological polar surface area (TPSA) is 75.2 Å². The highest BCUT2D eigenvalue weighted by Crippen LogP contribution is 2.30. The molecule has 1 aromatic heterocycles. The highest BCUT2D eigenvalue weighted by Gasteiger charge is 2.45. The molecular weight excluding hydrogens is 337 g/mol. The van der Waals surface area contributed by atoms with Gasteiger partial charge in [-0.3, -0.25) is 4.18 Å². The lowest BCUT2D eigenvalue weighted by Gasteiger charge is -2.01. The Labute approximate surface area is 132 Å². The van der Waals surface area contributed by atoms with Crippen LogP contribution in [0.15, 0.2) is 12.1 Å². The average molecular weight is 354 g/mol. The lowest BCUT2D eigenvalue weighted by Crippen LogP contribution is -2.37. The van der Waals surface area contributed by atoms with Crippen LogP contribution in [0.1, 0.15) is 17.0 Å². The minimum absolute atomic E-state index is 0.600. The third-order valence-electron chi connectivity index (χ3n) is 3.41. The van der Waals surface area contributed by atoms with E-state index in [4.69, 9.17) is 0 Å². The molecule has 0 fully saturated rings. The Balaban J connectivity index is 0.000000379. The van der Waals surface area contributed by atoms with Gasteiger partial charge >= 0.3 is 12.0 Å². The number of imidazole rings is 1. The summed E-state index contributed by atoms with van der Waals surface area (Å²) in [7, 11) is -0.715. The number of nitrogens with zero attached hydrogens (tertiary/aromatic N) is 2. The molecule has 10 heteroatoms. The van der Waals surface area contributed by atoms with Crippen molar-refractivity contribution < 1.29 is 34.9 Å². The summed E-state index contributed by atoms with van der Waals surface area (Å²) in [6, 6.07) is 3.58. The lowest BCUT2D eigenvalue weighted by atomic mass is 10.1. The van der Waals surface area contributed by atoms with Crippen molar-refractivity contribution in [2.75, 3.05) is 7.11 Å². The zero-order valence-electron chi connectivity index (χ0n) is 13.2. The predicted molar refractivity (Wildman–Crippen MR) is 75.3 cm³/mol. The van der Waals surface area contributed by atoms with E-state index in [0.717, 1.165) is 18.2 Å². The number of aromatic nitrogens is 2. The van der Waals surface area contributed by atoms with Crippen molar-refractivity contribution in [2.45, 2.75) is 20.0 Å². The molecule has 0 amide bonds. The maximum absolute atomic E-state index is 12.9. The molecule has 6 nitrogen and oxygen atoms in total. The highest BCUT2D eigenvalue weighted by atomic mass is 32.3. The molecule has 0 aliphatic heterocycles. The monoisotopic (exact) mass is 354 g/mol. The fraction of sp³-hybridized carbons (Fsp3) is 0.462. The minimum atomic E-state index is -4.41. The standard InChI is InChI=1S/C12H14F3N2.CH4O4S/c1-7-5-9-10(6-8(7)2)17(4)11(16(9)3)12(13,14)15;1-5-6(2,3)4/h5-6H,1-4H3;1H3,(H,2,3,4)/q+1;/p-1. The second-order valence-corrected chi connectivity index (χ2v) is 6.09. The first-order valence-electron chi connectivity index (χ1n) is 6.34. The fourth-order valence-corrected chi connectivity index (χ4v) is 2.16. The molecule has 0 radical (unpaired) electrons. The Bertz CT molecular complexity index is 781. The summed E-state index contributed by atoms with van der Waals surface area (Å²) in [4.78, 5) is 0. The van der Waals surface area contributed by atoms with Gasteiger partial charge in [0, 0.05) is 0 Å². The summed E-state index contributed by atoms with van der Waals surface area (Å²) in [5.41, 5.74) is 3.19. The molecular formula is C13H17F3N2O4S. The molecule has 0 bridgehead atoms. The van der Waals surface area contributed by atoms with E-state index < -0.39 is 22.4 Å². The SMILES string of the molecule is COS(=O)(=O)[O-].Cc1cc2c(cc1C)[n+](C)c(C(F)(F)F)n2C. The van der Waals surface area contributed by atoms with Crippen LogP contribution in [0, 0.1) is 13.8 Å². The van der Waals surface area contributed by atoms with Crippen LogP contribution in [0.2, 0.25) is 0 Å². The maximum atomic E-state index is 12.9. The van der Waals surface area contributed by atoms with Gasteiger partial charge in [0.2, 0.25) is 10.4 Å². The van der Waals surface area contributed by atoms with Crippen LogP contribution in [0.3, 0.4) is 0 Å². The van der Waals surface area contributed by atoms with Crippen LogP contribution < -0.4 is 4.57 Å². The molecule has 23 heavy (non-hydrogen) atoms. The maximum Gasteiger partial charge on any atom is 0.495 e. The average Bonchev–Trinajstić information content (AvgIpc) is 2.62. The van der Waals surface area contributed by atoms with Crippen LogP contribution in [0.4, 0.5) is 13.2 Å². The molecule has 1 heterocycles. The van der Waals surface area contributed by atoms with Crippen LogP contribution in [0.5, 0.6) is 0 Å². The molecule has 0 N–H and O–H groups in total. The smallest absolute Gasteiger partial charge is 0.495 e. The van der Waals surface area contributed by atoms with Crippen LogP contribution in [-0.4, -0.2) is 24.6 Å². The summed E-state index contributed by atoms with van der Waals surface area (Å²) in [6.45, 7) is 3.80. The lowest BCUT2D eigenvalue weighted by molar-refractivity contribution is -0.667. The van der Waals surface area contributed by atoms with Crippen LogP contribution in [-0.2, 0) is 34.9 Å². The van der Waals surface area contributed by atoms with Crippen molar-refractivity contribution in [3.05, 3.63) is 29.1 Å². The molecule has 130 valence electrons. The molecule has 0 saturated carbocycles. The first-order chi connectivity index (χ1) is 10.3. The van der Waals surface area contributed by atoms with Crippen LogP contribution >= 0.6 is 0 Å². The van der Waals surface area contributed by atoms with E-state index in [0.29, 0.717) is 11.0 Å². The number of halogens is 3. The van der Waals surface area contributed by atoms with E-state index in [9.17, 15) is 26.1 Å². The summed E-state index contributed by atoms with van der Waals surface area (Å²) >= 11 is 0. The summed E-state index contributed by atoms with van der Waals surface area (Å²) < 4.78 is 72.1. The van der Waals surface area contributed by atoms with Crippen molar-refractivity contribution in [3.63, 3.8) is 0 Å². The quantitative estimate of drug-likeness (QED) is 0.444. The first kappa shape index (κ1) is 19.4. The van der Waals surface area contributed by atoms with Gasteiger partial charge in [-0.05, 0) is 37.1 Å². The van der Waals surface area contributed by atoms with Crippen molar-refractivity contribution in [3.8, 4) is 0 Å².